The van der Waals surface area contributed by atoms with Crippen molar-refractivity contribution < 1.29 is 13.3 Å². The fourth-order valence-electron chi connectivity index (χ4n) is 21.2. The third kappa shape index (κ3) is 13.7. The van der Waals surface area contributed by atoms with Crippen molar-refractivity contribution in [1.82, 2.24) is 4.98 Å². The Morgan fingerprint density at radius 2 is 0.518 bits per heavy atom. The third-order valence-corrected chi connectivity index (χ3v) is 29.9. The summed E-state index contributed by atoms with van der Waals surface area (Å²) in [6, 6.07) is 174. The Labute approximate surface area is 808 Å². The van der Waals surface area contributed by atoms with E-state index >= 15 is 0 Å². The summed E-state index contributed by atoms with van der Waals surface area (Å²) in [5.74, 6) is 0. The van der Waals surface area contributed by atoms with E-state index in [4.69, 9.17) is 18.2 Å². The molecule has 0 saturated heterocycles. The van der Waals surface area contributed by atoms with Gasteiger partial charge in [0, 0.05) is 134 Å². The predicted molar refractivity (Wildman–Crippen MR) is 589 cm³/mol. The minimum Gasteiger partial charge on any atom is -0.454 e. The van der Waals surface area contributed by atoms with Crippen LogP contribution in [0.15, 0.2) is 505 Å². The Morgan fingerprint density at radius 3 is 1.01 bits per heavy atom. The van der Waals surface area contributed by atoms with Crippen LogP contribution in [-0.2, 0) is 0 Å². The molecule has 6 heterocycles. The first-order valence-corrected chi connectivity index (χ1v) is 48.6. The molecule has 0 atom stereocenters. The summed E-state index contributed by atoms with van der Waals surface area (Å²) in [6.45, 7) is 0. The second-order valence-corrected chi connectivity index (χ2v) is 37.5. The van der Waals surface area contributed by atoms with Gasteiger partial charge >= 0.3 is 0 Å². The first kappa shape index (κ1) is 80.7. The van der Waals surface area contributed by atoms with E-state index in [1.54, 1.807) is 0 Å². The fourth-order valence-corrected chi connectivity index (χ4v) is 23.8. The largest absolute Gasteiger partial charge is 0.454 e. The minimum atomic E-state index is 0.857. The maximum absolute atomic E-state index is 6.73. The molecular formula is C129H81N5O3S2. The molecule has 0 N–H and O–H groups in total. The molecule has 652 valence electrons. The molecule has 28 rings (SSSR count). The summed E-state index contributed by atoms with van der Waals surface area (Å²) < 4.78 is 25.1. The van der Waals surface area contributed by atoms with E-state index in [0.717, 1.165) is 173 Å². The number of pyridine rings is 1. The first-order chi connectivity index (χ1) is 69.0. The summed E-state index contributed by atoms with van der Waals surface area (Å²) in [5, 5.41) is 21.6. The van der Waals surface area contributed by atoms with Crippen LogP contribution >= 0.6 is 22.7 Å². The number of aromatic nitrogens is 1. The van der Waals surface area contributed by atoms with Gasteiger partial charge in [-0.25, -0.2) is 0 Å². The number of thiophene rings is 2. The van der Waals surface area contributed by atoms with Crippen molar-refractivity contribution in [2.24, 2.45) is 0 Å². The maximum atomic E-state index is 6.73. The van der Waals surface area contributed by atoms with Crippen LogP contribution in [0.2, 0.25) is 0 Å². The van der Waals surface area contributed by atoms with Crippen LogP contribution in [0.1, 0.15) is 0 Å². The van der Waals surface area contributed by atoms with Crippen molar-refractivity contribution in [1.29, 1.82) is 0 Å². The Kier molecular flexibility index (Phi) is 19.5. The van der Waals surface area contributed by atoms with Gasteiger partial charge in [0.2, 0.25) is 0 Å². The highest BCUT2D eigenvalue weighted by atomic mass is 32.1. The lowest BCUT2D eigenvalue weighted by Gasteiger charge is -2.28. The average molecular weight is 1810 g/mol. The van der Waals surface area contributed by atoms with Crippen LogP contribution in [0.4, 0.5) is 68.2 Å². The maximum Gasteiger partial charge on any atom is 0.159 e. The van der Waals surface area contributed by atoms with E-state index in [0.29, 0.717) is 0 Å². The Hall–Kier alpha value is -17.9. The smallest absolute Gasteiger partial charge is 0.159 e. The van der Waals surface area contributed by atoms with Crippen LogP contribution in [0.5, 0.6) is 0 Å². The standard InChI is InChI=1S/C68H42N2O2S.C61H39N3OS/c1-3-17-44(18-4-1)49-21-9-12-28-59(49)70(61-30-16-27-55-52-24-11-14-32-63(52)72-67(55)61)47-36-33-43(34-37-47)45-35-39-57-64(41-45)73-68-56-40-38-48(42-58(56)50-22-7-8-25-53(50)65(57)68)69(46-19-5-2-6-20-46)60-29-15-26-54-51-23-10-13-31-62(51)71-66(54)60;1-4-17-40(18-5-1)46-23-12-14-28-55(46)64(56-29-16-27-50-48-25-13-15-30-57(48)65-60(50)56)44-32-35-52-58(38-44)66-61-51-34-31-41(37-53(51)47-24-10-11-26-49(47)59(52)61)54-36-33-45(39-62-54)63(42-19-6-2-7-20-42)43-21-8-3-9-22-43/h1-42H;1-39H. The number of rotatable bonds is 16. The van der Waals surface area contributed by atoms with Gasteiger partial charge in [-0.2, -0.15) is 0 Å². The van der Waals surface area contributed by atoms with E-state index < -0.39 is 0 Å². The van der Waals surface area contributed by atoms with Gasteiger partial charge in [-0.15, -0.1) is 22.7 Å². The Bertz CT molecular complexity index is 9640. The van der Waals surface area contributed by atoms with E-state index in [-0.39, 0.29) is 0 Å². The number of nitrogens with zero attached hydrogens (tertiary/aromatic N) is 5. The molecule has 0 unspecified atom stereocenters. The van der Waals surface area contributed by atoms with Crippen LogP contribution < -0.4 is 19.6 Å². The van der Waals surface area contributed by atoms with Crippen LogP contribution in [0, 0.1) is 0 Å². The van der Waals surface area contributed by atoms with E-state index in [1.165, 1.54) is 89.0 Å². The second-order valence-electron chi connectivity index (χ2n) is 35.4. The summed E-state index contributed by atoms with van der Waals surface area (Å²) in [6.07, 6.45) is 1.99. The lowest BCUT2D eigenvalue weighted by atomic mass is 9.95. The van der Waals surface area contributed by atoms with Crippen LogP contribution in [0.3, 0.4) is 0 Å². The van der Waals surface area contributed by atoms with Crippen molar-refractivity contribution in [3.05, 3.63) is 492 Å². The molecule has 6 aromatic heterocycles. The fraction of sp³-hybridized carbons (Fsp3) is 0. The van der Waals surface area contributed by atoms with Gasteiger partial charge in [0.15, 0.2) is 16.7 Å². The third-order valence-electron chi connectivity index (χ3n) is 27.5. The molecule has 0 aliphatic rings. The van der Waals surface area contributed by atoms with Gasteiger partial charge in [0.05, 0.1) is 46.0 Å². The van der Waals surface area contributed by atoms with Gasteiger partial charge in [-0.05, 0) is 200 Å². The average Bonchev–Trinajstić information content (AvgIpc) is 1.59. The van der Waals surface area contributed by atoms with E-state index in [9.17, 15) is 0 Å². The van der Waals surface area contributed by atoms with Crippen molar-refractivity contribution in [2.45, 2.75) is 0 Å². The van der Waals surface area contributed by atoms with Crippen LogP contribution in [-0.4, -0.2) is 4.98 Å². The van der Waals surface area contributed by atoms with Crippen molar-refractivity contribution >= 4 is 240 Å². The SMILES string of the molecule is c1ccc(-c2ccccc2N(c2ccc(-c3ccc4c(c3)sc3c5ccc(N(c6ccccc6)c6cccc7c6oc6ccccc67)cc5c5ccccc5c43)cc2)c2cccc3c2oc2ccccc23)cc1.c1ccc(-c2ccccc2N(c2ccc3c(c2)sc2c4ccc(-c5ccc(N(c6ccccc6)c6ccccc6)cn5)cc4c4ccccc4c32)c2cccc3c2oc2ccccc23)cc1. The normalized spacial score (nSPS) is 11.7. The molecule has 0 amide bonds. The van der Waals surface area contributed by atoms with Crippen molar-refractivity contribution in [3.63, 3.8) is 0 Å². The summed E-state index contributed by atoms with van der Waals surface area (Å²) >= 11 is 3.75. The highest BCUT2D eigenvalue weighted by Gasteiger charge is 2.29. The predicted octanol–water partition coefficient (Wildman–Crippen LogP) is 38.4. The molecule has 0 spiro atoms. The molecule has 0 radical (unpaired) electrons. The number of fused-ring (bicyclic) bond motifs is 25. The molecule has 0 aliphatic carbocycles. The number of para-hydroxylation sites is 11. The molecule has 8 nitrogen and oxygen atoms in total. The van der Waals surface area contributed by atoms with Gasteiger partial charge in [0.1, 0.15) is 16.7 Å². The van der Waals surface area contributed by atoms with Gasteiger partial charge < -0.3 is 32.9 Å². The molecule has 0 bridgehead atoms. The number of furan rings is 3. The Morgan fingerprint density at radius 1 is 0.180 bits per heavy atom. The summed E-state index contributed by atoms with van der Waals surface area (Å²) in [4.78, 5) is 14.4. The highest BCUT2D eigenvalue weighted by Crippen LogP contribution is 2.54. The van der Waals surface area contributed by atoms with Gasteiger partial charge in [0.25, 0.3) is 0 Å². The molecular weight excluding hydrogens is 1730 g/mol. The van der Waals surface area contributed by atoms with Crippen LogP contribution in [0.25, 0.3) is 194 Å². The molecule has 0 saturated carbocycles. The lowest BCUT2D eigenvalue weighted by molar-refractivity contribution is 0.668. The van der Waals surface area contributed by atoms with E-state index in [2.05, 4.69) is 475 Å². The zero-order valence-electron chi connectivity index (χ0n) is 75.0. The zero-order chi connectivity index (χ0) is 91.5. The molecule has 22 aromatic carbocycles. The van der Waals surface area contributed by atoms with Crippen molar-refractivity contribution in [3.8, 4) is 44.6 Å². The summed E-state index contributed by atoms with van der Waals surface area (Å²) in [7, 11) is 0. The van der Waals surface area contributed by atoms with E-state index in [1.807, 2.05) is 59.2 Å². The summed E-state index contributed by atoms with van der Waals surface area (Å²) in [5.41, 5.74) is 26.7. The van der Waals surface area contributed by atoms with Gasteiger partial charge in [-0.1, -0.05) is 340 Å². The number of hydrogen-bond acceptors (Lipinski definition) is 10. The zero-order valence-corrected chi connectivity index (χ0v) is 76.7. The topological polar surface area (TPSA) is 65.3 Å². The molecule has 0 aliphatic heterocycles. The molecule has 139 heavy (non-hydrogen) atoms. The minimum absolute atomic E-state index is 0.857. The quantitative estimate of drug-likeness (QED) is 0.0887. The monoisotopic (exact) mass is 1810 g/mol. The van der Waals surface area contributed by atoms with Crippen molar-refractivity contribution in [2.75, 3.05) is 19.6 Å². The lowest BCUT2D eigenvalue weighted by Crippen LogP contribution is -2.11. The number of hydrogen-bond donors (Lipinski definition) is 0. The number of benzene rings is 22. The molecule has 0 fully saturated rings. The Balaban J connectivity index is 0.000000141. The molecule has 28 aromatic rings. The van der Waals surface area contributed by atoms with Gasteiger partial charge in [-0.3, -0.25) is 4.98 Å². The highest BCUT2D eigenvalue weighted by molar-refractivity contribution is 7.27. The first-order valence-electron chi connectivity index (χ1n) is 47.0. The second kappa shape index (κ2) is 33.6. The molecule has 10 heteroatoms. The number of anilines is 12.